The van der Waals surface area contributed by atoms with Crippen molar-refractivity contribution in [1.29, 1.82) is 10.5 Å². The Morgan fingerprint density at radius 3 is 2.78 bits per heavy atom. The first kappa shape index (κ1) is 14.0. The van der Waals surface area contributed by atoms with E-state index in [2.05, 4.69) is 11.1 Å². The molecule has 0 fully saturated rings. The fourth-order valence-corrected chi connectivity index (χ4v) is 1.87. The predicted molar refractivity (Wildman–Crippen MR) is 65.7 cm³/mol. The summed E-state index contributed by atoms with van der Waals surface area (Å²) in [5.41, 5.74) is 0.270. The van der Waals surface area contributed by atoms with Gasteiger partial charge in [0.1, 0.15) is 11.1 Å². The number of hydrogen-bond donors (Lipinski definition) is 0. The van der Waals surface area contributed by atoms with Gasteiger partial charge in [0.25, 0.3) is 0 Å². The Hall–Kier alpha value is -2.05. The van der Waals surface area contributed by atoms with Gasteiger partial charge in [-0.3, -0.25) is 0 Å². The number of rotatable bonds is 4. The molecule has 18 heavy (non-hydrogen) atoms. The van der Waals surface area contributed by atoms with Gasteiger partial charge in [-0.15, -0.1) is 0 Å². The lowest BCUT2D eigenvalue weighted by molar-refractivity contribution is 0.0430. The molecule has 1 heterocycles. The van der Waals surface area contributed by atoms with Gasteiger partial charge in [-0.1, -0.05) is 11.8 Å². The fraction of sp³-hybridized carbons (Fsp3) is 0.333. The molecular formula is C12H11N3O2S. The second kappa shape index (κ2) is 6.63. The summed E-state index contributed by atoms with van der Waals surface area (Å²) in [5, 5.41) is 17.5. The first-order chi connectivity index (χ1) is 8.58. The lowest BCUT2D eigenvalue weighted by atomic mass is 10.3. The van der Waals surface area contributed by atoms with E-state index in [0.717, 1.165) is 0 Å². The number of carbonyl (C=O) groups is 1. The molecule has 1 rings (SSSR count). The van der Waals surface area contributed by atoms with E-state index in [9.17, 15) is 4.79 Å². The van der Waals surface area contributed by atoms with Gasteiger partial charge in [0.15, 0.2) is 6.10 Å². The van der Waals surface area contributed by atoms with Crippen molar-refractivity contribution in [2.75, 3.05) is 0 Å². The molecule has 6 heteroatoms. The SMILES string of the molecule is CC(C#N)OC(=O)c1cccnc1SC(C)C#N. The summed E-state index contributed by atoms with van der Waals surface area (Å²) >= 11 is 1.18. The minimum absolute atomic E-state index is 0.270. The molecular weight excluding hydrogens is 250 g/mol. The van der Waals surface area contributed by atoms with Crippen molar-refractivity contribution >= 4 is 17.7 Å². The first-order valence-electron chi connectivity index (χ1n) is 5.20. The zero-order chi connectivity index (χ0) is 13.5. The number of ether oxygens (including phenoxy) is 1. The Morgan fingerprint density at radius 1 is 1.44 bits per heavy atom. The molecule has 0 aliphatic heterocycles. The molecule has 1 aromatic heterocycles. The zero-order valence-electron chi connectivity index (χ0n) is 9.95. The van der Waals surface area contributed by atoms with Gasteiger partial charge in [-0.2, -0.15) is 10.5 Å². The molecule has 92 valence electrons. The Balaban J connectivity index is 2.92. The number of thioether (sulfide) groups is 1. The van der Waals surface area contributed by atoms with Crippen molar-refractivity contribution in [3.05, 3.63) is 23.9 Å². The standard InChI is InChI=1S/C12H11N3O2S/c1-8(6-13)17-12(16)10-4-3-5-15-11(10)18-9(2)7-14/h3-5,8-9H,1-2H3. The molecule has 0 saturated heterocycles. The lowest BCUT2D eigenvalue weighted by Crippen LogP contribution is -2.14. The van der Waals surface area contributed by atoms with Gasteiger partial charge in [0.05, 0.1) is 16.9 Å². The molecule has 0 aliphatic carbocycles. The Bertz CT molecular complexity index is 519. The van der Waals surface area contributed by atoms with Crippen LogP contribution in [-0.4, -0.2) is 22.3 Å². The van der Waals surface area contributed by atoms with Crippen molar-refractivity contribution < 1.29 is 9.53 Å². The third-order valence-corrected chi connectivity index (χ3v) is 2.93. The van der Waals surface area contributed by atoms with Gasteiger partial charge in [0, 0.05) is 6.20 Å². The van der Waals surface area contributed by atoms with Crippen LogP contribution in [0.25, 0.3) is 0 Å². The summed E-state index contributed by atoms with van der Waals surface area (Å²) in [6.45, 7) is 3.20. The molecule has 5 nitrogen and oxygen atoms in total. The van der Waals surface area contributed by atoms with E-state index in [4.69, 9.17) is 15.3 Å². The molecule has 0 amide bonds. The number of hydrogen-bond acceptors (Lipinski definition) is 6. The largest absolute Gasteiger partial charge is 0.444 e. The van der Waals surface area contributed by atoms with Crippen molar-refractivity contribution in [3.63, 3.8) is 0 Å². The molecule has 0 spiro atoms. The summed E-state index contributed by atoms with van der Waals surface area (Å²) in [4.78, 5) is 15.8. The van der Waals surface area contributed by atoms with Gasteiger partial charge < -0.3 is 4.74 Å². The predicted octanol–water partition coefficient (Wildman–Crippen LogP) is 2.15. The molecule has 0 aromatic carbocycles. The van der Waals surface area contributed by atoms with Gasteiger partial charge in [-0.05, 0) is 26.0 Å². The Morgan fingerprint density at radius 2 is 2.17 bits per heavy atom. The van der Waals surface area contributed by atoms with Crippen LogP contribution < -0.4 is 0 Å². The summed E-state index contributed by atoms with van der Waals surface area (Å²) in [5.74, 6) is -0.607. The topological polar surface area (TPSA) is 86.8 Å². The summed E-state index contributed by atoms with van der Waals surface area (Å²) in [6.07, 6.45) is 0.723. The Kier molecular flexibility index (Phi) is 5.16. The monoisotopic (exact) mass is 261 g/mol. The van der Waals surface area contributed by atoms with E-state index >= 15 is 0 Å². The molecule has 0 saturated carbocycles. The second-order valence-electron chi connectivity index (χ2n) is 3.42. The maximum atomic E-state index is 11.8. The van der Waals surface area contributed by atoms with E-state index in [1.54, 1.807) is 19.1 Å². The highest BCUT2D eigenvalue weighted by Gasteiger charge is 2.18. The quantitative estimate of drug-likeness (QED) is 0.609. The average Bonchev–Trinajstić information content (AvgIpc) is 2.38. The maximum Gasteiger partial charge on any atom is 0.342 e. The third kappa shape index (κ3) is 3.76. The third-order valence-electron chi connectivity index (χ3n) is 1.93. The van der Waals surface area contributed by atoms with Gasteiger partial charge in [-0.25, -0.2) is 9.78 Å². The number of aromatic nitrogens is 1. The zero-order valence-corrected chi connectivity index (χ0v) is 10.8. The minimum Gasteiger partial charge on any atom is -0.444 e. The van der Waals surface area contributed by atoms with Crippen LogP contribution in [0.15, 0.2) is 23.4 Å². The summed E-state index contributed by atoms with van der Waals surface area (Å²) in [6, 6.07) is 7.03. The number of esters is 1. The fourth-order valence-electron chi connectivity index (χ4n) is 1.08. The maximum absolute atomic E-state index is 11.8. The van der Waals surface area contributed by atoms with Crippen molar-refractivity contribution in [2.45, 2.75) is 30.2 Å². The van der Waals surface area contributed by atoms with Crippen molar-refractivity contribution in [3.8, 4) is 12.1 Å². The number of pyridine rings is 1. The smallest absolute Gasteiger partial charge is 0.342 e. The summed E-state index contributed by atoms with van der Waals surface area (Å²) in [7, 11) is 0. The van der Waals surface area contributed by atoms with Crippen LogP contribution in [0.2, 0.25) is 0 Å². The van der Waals surface area contributed by atoms with Crippen LogP contribution in [0.4, 0.5) is 0 Å². The van der Waals surface area contributed by atoms with Crippen molar-refractivity contribution in [2.24, 2.45) is 0 Å². The van der Waals surface area contributed by atoms with Crippen LogP contribution in [0.3, 0.4) is 0 Å². The highest BCUT2D eigenvalue weighted by molar-refractivity contribution is 8.00. The first-order valence-corrected chi connectivity index (χ1v) is 6.08. The minimum atomic E-state index is -0.816. The Labute approximate surface area is 109 Å². The van der Waals surface area contributed by atoms with Crippen LogP contribution in [0.5, 0.6) is 0 Å². The van der Waals surface area contributed by atoms with E-state index < -0.39 is 12.1 Å². The molecule has 0 aliphatic rings. The van der Waals surface area contributed by atoms with Gasteiger partial charge >= 0.3 is 5.97 Å². The molecule has 0 radical (unpaired) electrons. The molecule has 1 aromatic rings. The van der Waals surface area contributed by atoms with Crippen LogP contribution in [0, 0.1) is 22.7 Å². The van der Waals surface area contributed by atoms with Crippen LogP contribution >= 0.6 is 11.8 Å². The van der Waals surface area contributed by atoms with Crippen molar-refractivity contribution in [1.82, 2.24) is 4.98 Å². The molecule has 0 N–H and O–H groups in total. The van der Waals surface area contributed by atoms with E-state index in [0.29, 0.717) is 5.03 Å². The van der Waals surface area contributed by atoms with E-state index in [1.165, 1.54) is 24.9 Å². The molecule has 2 atom stereocenters. The van der Waals surface area contributed by atoms with Gasteiger partial charge in [0.2, 0.25) is 0 Å². The number of nitriles is 2. The van der Waals surface area contributed by atoms with E-state index in [1.807, 2.05) is 6.07 Å². The molecule has 2 unspecified atom stereocenters. The summed E-state index contributed by atoms with van der Waals surface area (Å²) < 4.78 is 4.91. The number of nitrogens with zero attached hydrogens (tertiary/aromatic N) is 3. The lowest BCUT2D eigenvalue weighted by Gasteiger charge is -2.09. The van der Waals surface area contributed by atoms with Crippen LogP contribution in [0.1, 0.15) is 24.2 Å². The van der Waals surface area contributed by atoms with Crippen LogP contribution in [-0.2, 0) is 4.74 Å². The van der Waals surface area contributed by atoms with E-state index in [-0.39, 0.29) is 10.8 Å². The number of carbonyl (C=O) groups excluding carboxylic acids is 1. The molecule has 0 bridgehead atoms. The second-order valence-corrected chi connectivity index (χ2v) is 4.75. The average molecular weight is 261 g/mol. The highest BCUT2D eigenvalue weighted by Crippen LogP contribution is 2.24. The highest BCUT2D eigenvalue weighted by atomic mass is 32.2. The normalized spacial score (nSPS) is 12.9.